The number of allylic oxidation sites excluding steroid dienone is 2. The summed E-state index contributed by atoms with van der Waals surface area (Å²) in [5, 5.41) is 3.66. The second kappa shape index (κ2) is 8.30. The van der Waals surface area contributed by atoms with Crippen molar-refractivity contribution in [2.45, 2.75) is 23.3 Å². The van der Waals surface area contributed by atoms with E-state index in [1.54, 1.807) is 43.5 Å². The summed E-state index contributed by atoms with van der Waals surface area (Å²) in [5.74, 6) is 1.10. The number of hydrogen-bond donors (Lipinski definition) is 2. The summed E-state index contributed by atoms with van der Waals surface area (Å²) in [6.45, 7) is 0. The third-order valence-corrected chi connectivity index (χ3v) is 8.05. The van der Waals surface area contributed by atoms with Gasteiger partial charge in [0.2, 0.25) is 0 Å². The lowest BCUT2D eigenvalue weighted by atomic mass is 9.77. The van der Waals surface area contributed by atoms with Gasteiger partial charge in [0, 0.05) is 22.1 Å². The highest BCUT2D eigenvalue weighted by Gasteiger charge is 2.38. The van der Waals surface area contributed by atoms with Gasteiger partial charge < -0.3 is 10.1 Å². The van der Waals surface area contributed by atoms with E-state index in [2.05, 4.69) is 50.3 Å². The van der Waals surface area contributed by atoms with Crippen LogP contribution in [0.15, 0.2) is 88.3 Å². The van der Waals surface area contributed by atoms with E-state index in [-0.39, 0.29) is 16.9 Å². The highest BCUT2D eigenvalue weighted by atomic mass is 79.9. The molecule has 0 bridgehead atoms. The second-order valence-corrected chi connectivity index (χ2v) is 10.7. The molecule has 0 saturated carbocycles. The van der Waals surface area contributed by atoms with Crippen LogP contribution < -0.4 is 14.8 Å². The van der Waals surface area contributed by atoms with Gasteiger partial charge in [-0.25, -0.2) is 8.42 Å². The van der Waals surface area contributed by atoms with Gasteiger partial charge in [-0.2, -0.15) is 0 Å². The first-order chi connectivity index (χ1) is 15.4. The number of halogens is 1. The summed E-state index contributed by atoms with van der Waals surface area (Å²) < 4.78 is 35.1. The van der Waals surface area contributed by atoms with Crippen LogP contribution in [0.4, 0.5) is 11.4 Å². The van der Waals surface area contributed by atoms with Crippen LogP contribution >= 0.6 is 15.9 Å². The Labute approximate surface area is 196 Å². The first kappa shape index (κ1) is 21.1. The molecule has 0 spiro atoms. The van der Waals surface area contributed by atoms with E-state index < -0.39 is 10.0 Å². The van der Waals surface area contributed by atoms with E-state index in [1.807, 2.05) is 18.2 Å². The molecule has 0 unspecified atom stereocenters. The predicted octanol–water partition coefficient (Wildman–Crippen LogP) is 6.09. The second-order valence-electron chi connectivity index (χ2n) is 8.12. The smallest absolute Gasteiger partial charge is 0.261 e. The number of benzene rings is 3. The van der Waals surface area contributed by atoms with Crippen molar-refractivity contribution in [1.82, 2.24) is 0 Å². The molecule has 5 rings (SSSR count). The zero-order valence-corrected chi connectivity index (χ0v) is 19.9. The predicted molar refractivity (Wildman–Crippen MR) is 131 cm³/mol. The Morgan fingerprint density at radius 3 is 2.72 bits per heavy atom. The third-order valence-electron chi connectivity index (χ3n) is 6.17. The molecule has 1 aliphatic heterocycles. The topological polar surface area (TPSA) is 67.4 Å². The fourth-order valence-corrected chi connectivity index (χ4v) is 6.17. The minimum atomic E-state index is -3.74. The molecule has 0 amide bonds. The van der Waals surface area contributed by atoms with Gasteiger partial charge in [-0.1, -0.05) is 46.3 Å². The number of sulfonamides is 1. The fourth-order valence-electron chi connectivity index (χ4n) is 4.67. The van der Waals surface area contributed by atoms with Crippen LogP contribution in [0.3, 0.4) is 0 Å². The number of rotatable bonds is 5. The van der Waals surface area contributed by atoms with E-state index in [9.17, 15) is 8.42 Å². The standard InChI is InChI=1S/C25H23BrN2O3S/c1-31-19-8-3-7-18(14-19)28-32(29,30)20-11-12-24-23(15-20)21-9-4-10-22(21)25(27-24)16-5-2-6-17(26)13-16/h2-9,11-15,21-22,25,27-28H,10H2,1H3/t21-,22+,25+/m0/s1. The Bertz CT molecular complexity index is 1310. The van der Waals surface area contributed by atoms with Crippen LogP contribution in [-0.4, -0.2) is 15.5 Å². The Kier molecular flexibility index (Phi) is 5.47. The minimum absolute atomic E-state index is 0.164. The van der Waals surface area contributed by atoms with Gasteiger partial charge in [0.05, 0.1) is 23.7 Å². The van der Waals surface area contributed by atoms with Gasteiger partial charge >= 0.3 is 0 Å². The van der Waals surface area contributed by atoms with Gasteiger partial charge in [-0.3, -0.25) is 4.72 Å². The van der Waals surface area contributed by atoms with Crippen LogP contribution in [0.25, 0.3) is 0 Å². The summed E-state index contributed by atoms with van der Waals surface area (Å²) in [5.41, 5.74) is 3.68. The molecule has 5 nitrogen and oxygen atoms in total. The van der Waals surface area contributed by atoms with Crippen molar-refractivity contribution in [3.8, 4) is 5.75 Å². The Morgan fingerprint density at radius 2 is 1.91 bits per heavy atom. The summed E-state index contributed by atoms with van der Waals surface area (Å²) in [4.78, 5) is 0.251. The molecule has 2 N–H and O–H groups in total. The van der Waals surface area contributed by atoms with Crippen molar-refractivity contribution >= 4 is 37.3 Å². The van der Waals surface area contributed by atoms with Crippen LogP contribution in [0.5, 0.6) is 5.75 Å². The van der Waals surface area contributed by atoms with E-state index in [0.29, 0.717) is 17.4 Å². The Balaban J connectivity index is 1.48. The monoisotopic (exact) mass is 510 g/mol. The van der Waals surface area contributed by atoms with Gasteiger partial charge in [0.15, 0.2) is 0 Å². The van der Waals surface area contributed by atoms with Crippen molar-refractivity contribution < 1.29 is 13.2 Å². The van der Waals surface area contributed by atoms with E-state index in [0.717, 1.165) is 22.1 Å². The molecule has 0 fully saturated rings. The highest BCUT2D eigenvalue weighted by molar-refractivity contribution is 9.10. The van der Waals surface area contributed by atoms with E-state index in [4.69, 9.17) is 4.74 Å². The molecule has 2 aliphatic rings. The lowest BCUT2D eigenvalue weighted by Gasteiger charge is -2.37. The average molecular weight is 511 g/mol. The van der Waals surface area contributed by atoms with Gasteiger partial charge in [-0.05, 0) is 65.9 Å². The number of nitrogens with one attached hydrogen (secondary N) is 2. The molecule has 1 aliphatic carbocycles. The Hall–Kier alpha value is -2.77. The average Bonchev–Trinajstić information content (AvgIpc) is 3.28. The van der Waals surface area contributed by atoms with Crippen LogP contribution in [-0.2, 0) is 10.0 Å². The molecule has 0 radical (unpaired) electrons. The van der Waals surface area contributed by atoms with Crippen molar-refractivity contribution in [2.75, 3.05) is 17.1 Å². The van der Waals surface area contributed by atoms with Crippen molar-refractivity contribution in [3.05, 3.63) is 94.5 Å². The van der Waals surface area contributed by atoms with Crippen LogP contribution in [0.2, 0.25) is 0 Å². The quantitative estimate of drug-likeness (QED) is 0.407. The molecule has 32 heavy (non-hydrogen) atoms. The maximum Gasteiger partial charge on any atom is 0.261 e. The molecular weight excluding hydrogens is 488 g/mol. The molecular formula is C25H23BrN2O3S. The minimum Gasteiger partial charge on any atom is -0.497 e. The molecule has 164 valence electrons. The fraction of sp³-hybridized carbons (Fsp3) is 0.200. The lowest BCUT2D eigenvalue weighted by Crippen LogP contribution is -2.29. The SMILES string of the molecule is COc1cccc(NS(=O)(=O)c2ccc3c(c2)[C@H]2C=CC[C@H]2[C@@H](c2cccc(Br)c2)N3)c1. The largest absolute Gasteiger partial charge is 0.497 e. The molecule has 1 heterocycles. The normalized spacial score (nSPS) is 21.4. The van der Waals surface area contributed by atoms with Gasteiger partial charge in [0.25, 0.3) is 10.0 Å². The lowest BCUT2D eigenvalue weighted by molar-refractivity contribution is 0.415. The van der Waals surface area contributed by atoms with Crippen molar-refractivity contribution in [1.29, 1.82) is 0 Å². The molecule has 3 aromatic rings. The number of fused-ring (bicyclic) bond motifs is 3. The van der Waals surface area contributed by atoms with Gasteiger partial charge in [-0.15, -0.1) is 0 Å². The summed E-state index contributed by atoms with van der Waals surface area (Å²) >= 11 is 3.58. The number of methoxy groups -OCH3 is 1. The number of ether oxygens (including phenoxy) is 1. The first-order valence-corrected chi connectivity index (χ1v) is 12.7. The zero-order chi connectivity index (χ0) is 22.3. The van der Waals surface area contributed by atoms with E-state index >= 15 is 0 Å². The molecule has 7 heteroatoms. The Morgan fingerprint density at radius 1 is 1.06 bits per heavy atom. The zero-order valence-electron chi connectivity index (χ0n) is 17.5. The molecule has 0 aromatic heterocycles. The molecule has 3 aromatic carbocycles. The number of anilines is 2. The summed E-state index contributed by atoms with van der Waals surface area (Å²) in [7, 11) is -2.18. The third kappa shape index (κ3) is 3.91. The molecule has 0 saturated heterocycles. The maximum atomic E-state index is 13.1. The molecule has 3 atom stereocenters. The van der Waals surface area contributed by atoms with Crippen molar-refractivity contribution in [2.24, 2.45) is 5.92 Å². The van der Waals surface area contributed by atoms with Crippen LogP contribution in [0.1, 0.15) is 29.5 Å². The summed E-state index contributed by atoms with van der Waals surface area (Å²) in [6, 6.07) is 20.8. The summed E-state index contributed by atoms with van der Waals surface area (Å²) in [6.07, 6.45) is 5.36. The van der Waals surface area contributed by atoms with Crippen molar-refractivity contribution in [3.63, 3.8) is 0 Å². The first-order valence-electron chi connectivity index (χ1n) is 10.4. The number of hydrogen-bond acceptors (Lipinski definition) is 4. The highest BCUT2D eigenvalue weighted by Crippen LogP contribution is 2.50. The maximum absolute atomic E-state index is 13.1. The van der Waals surface area contributed by atoms with Crippen LogP contribution in [0, 0.1) is 5.92 Å². The van der Waals surface area contributed by atoms with E-state index in [1.165, 1.54) is 5.56 Å². The van der Waals surface area contributed by atoms with Gasteiger partial charge in [0.1, 0.15) is 5.75 Å².